The van der Waals surface area contributed by atoms with Gasteiger partial charge in [0.1, 0.15) is 19.3 Å². The SMILES string of the molecule is CCCCCCCCCCCCC(=O)O[C@H](COC(=O)CCCCCCCCCCC)COP(=O)(O)OC[C@H](O)COP(=O)(O)OC[C@@H](COC(=O)CCCCCCCCCCCCCCCCCC(C)C)OC(=O)CCCCCCCCCCCCCCCCCC(C)C. The van der Waals surface area contributed by atoms with Crippen molar-refractivity contribution in [3.63, 3.8) is 0 Å². The normalized spacial score (nSPS) is 14.0. The number of carbonyl (C=O) groups is 4. The van der Waals surface area contributed by atoms with Gasteiger partial charge in [-0.25, -0.2) is 9.13 Å². The van der Waals surface area contributed by atoms with Crippen molar-refractivity contribution in [1.29, 1.82) is 0 Å². The van der Waals surface area contributed by atoms with E-state index in [2.05, 4.69) is 41.5 Å². The lowest BCUT2D eigenvalue weighted by molar-refractivity contribution is -0.161. The Hall–Kier alpha value is -1.94. The quantitative estimate of drug-likeness (QED) is 0.0222. The number of esters is 4. The molecule has 0 heterocycles. The Morgan fingerprint density at radius 3 is 0.716 bits per heavy atom. The number of unbranched alkanes of at least 4 members (excludes halogenated alkanes) is 45. The first-order valence-electron chi connectivity index (χ1n) is 39.5. The molecule has 0 fully saturated rings. The highest BCUT2D eigenvalue weighted by atomic mass is 31.2. The molecule has 0 spiro atoms. The summed E-state index contributed by atoms with van der Waals surface area (Å²) in [4.78, 5) is 72.7. The van der Waals surface area contributed by atoms with Crippen molar-refractivity contribution >= 4 is 39.5 Å². The monoisotopic (exact) mass is 1400 g/mol. The van der Waals surface area contributed by atoms with Gasteiger partial charge in [-0.2, -0.15) is 0 Å². The second-order valence-corrected chi connectivity index (χ2v) is 31.3. The van der Waals surface area contributed by atoms with E-state index in [0.717, 1.165) is 102 Å². The van der Waals surface area contributed by atoms with E-state index in [1.165, 1.54) is 212 Å². The van der Waals surface area contributed by atoms with E-state index in [1.54, 1.807) is 0 Å². The fourth-order valence-corrected chi connectivity index (χ4v) is 13.2. The maximum Gasteiger partial charge on any atom is 0.472 e. The Labute approximate surface area is 581 Å². The Morgan fingerprint density at radius 1 is 0.284 bits per heavy atom. The molecule has 0 bridgehead atoms. The summed E-state index contributed by atoms with van der Waals surface area (Å²) in [7, 11) is -9.91. The van der Waals surface area contributed by atoms with E-state index in [4.69, 9.17) is 37.0 Å². The molecule has 0 saturated heterocycles. The molecule has 95 heavy (non-hydrogen) atoms. The van der Waals surface area contributed by atoms with E-state index in [9.17, 15) is 43.2 Å². The number of aliphatic hydroxyl groups is 1. The minimum Gasteiger partial charge on any atom is -0.462 e. The second-order valence-electron chi connectivity index (χ2n) is 28.3. The number of rotatable bonds is 75. The fraction of sp³-hybridized carbons (Fsp3) is 0.947. The average molecular weight is 1400 g/mol. The van der Waals surface area contributed by atoms with Gasteiger partial charge in [0, 0.05) is 25.7 Å². The predicted molar refractivity (Wildman–Crippen MR) is 386 cm³/mol. The molecule has 0 rings (SSSR count). The lowest BCUT2D eigenvalue weighted by Gasteiger charge is -2.21. The Balaban J connectivity index is 5.20. The van der Waals surface area contributed by atoms with Crippen LogP contribution < -0.4 is 0 Å². The molecule has 564 valence electrons. The zero-order valence-corrected chi connectivity index (χ0v) is 63.8. The fourth-order valence-electron chi connectivity index (χ4n) is 11.7. The molecule has 0 amide bonds. The second kappa shape index (κ2) is 67.9. The van der Waals surface area contributed by atoms with Crippen molar-refractivity contribution in [3.05, 3.63) is 0 Å². The minimum absolute atomic E-state index is 0.107. The molecule has 0 aliphatic heterocycles. The van der Waals surface area contributed by atoms with Gasteiger partial charge in [-0.05, 0) is 37.5 Å². The summed E-state index contributed by atoms with van der Waals surface area (Å²) < 4.78 is 68.4. The van der Waals surface area contributed by atoms with Gasteiger partial charge in [-0.15, -0.1) is 0 Å². The van der Waals surface area contributed by atoms with Gasteiger partial charge in [-0.3, -0.25) is 37.3 Å². The molecule has 0 aliphatic carbocycles. The lowest BCUT2D eigenvalue weighted by Crippen LogP contribution is -2.30. The van der Waals surface area contributed by atoms with Crippen molar-refractivity contribution < 1.29 is 80.2 Å². The van der Waals surface area contributed by atoms with Crippen LogP contribution >= 0.6 is 15.6 Å². The minimum atomic E-state index is -4.96. The zero-order chi connectivity index (χ0) is 70.0. The number of aliphatic hydroxyl groups excluding tert-OH is 1. The molecular formula is C76H148O17P2. The maximum absolute atomic E-state index is 13.1. The highest BCUT2D eigenvalue weighted by Gasteiger charge is 2.30. The smallest absolute Gasteiger partial charge is 0.462 e. The van der Waals surface area contributed by atoms with E-state index in [0.29, 0.717) is 25.7 Å². The molecule has 2 unspecified atom stereocenters. The van der Waals surface area contributed by atoms with Crippen LogP contribution in [-0.4, -0.2) is 96.7 Å². The molecule has 0 aromatic rings. The van der Waals surface area contributed by atoms with Gasteiger partial charge in [0.25, 0.3) is 0 Å². The van der Waals surface area contributed by atoms with E-state index >= 15 is 0 Å². The van der Waals surface area contributed by atoms with Crippen molar-refractivity contribution in [1.82, 2.24) is 0 Å². The van der Waals surface area contributed by atoms with Crippen LogP contribution in [0, 0.1) is 11.8 Å². The van der Waals surface area contributed by atoms with E-state index < -0.39 is 97.5 Å². The summed E-state index contributed by atoms with van der Waals surface area (Å²) in [5.41, 5.74) is 0. The third-order valence-corrected chi connectivity index (χ3v) is 19.6. The van der Waals surface area contributed by atoms with Crippen LogP contribution in [-0.2, 0) is 65.4 Å². The first-order chi connectivity index (χ1) is 45.9. The average Bonchev–Trinajstić information content (AvgIpc) is 3.72. The molecule has 0 saturated carbocycles. The van der Waals surface area contributed by atoms with Gasteiger partial charge >= 0.3 is 39.5 Å². The molecule has 5 atom stereocenters. The number of phosphoric ester groups is 2. The Morgan fingerprint density at radius 2 is 0.484 bits per heavy atom. The molecule has 3 N–H and O–H groups in total. The molecule has 17 nitrogen and oxygen atoms in total. The van der Waals surface area contributed by atoms with Crippen LogP contribution in [0.5, 0.6) is 0 Å². The first kappa shape index (κ1) is 93.1. The summed E-state index contributed by atoms with van der Waals surface area (Å²) in [5.74, 6) is -0.508. The van der Waals surface area contributed by atoms with Gasteiger partial charge in [0.15, 0.2) is 12.2 Å². The van der Waals surface area contributed by atoms with Gasteiger partial charge in [-0.1, -0.05) is 343 Å². The van der Waals surface area contributed by atoms with Crippen molar-refractivity contribution in [2.75, 3.05) is 39.6 Å². The first-order valence-corrected chi connectivity index (χ1v) is 42.5. The Kier molecular flexibility index (Phi) is 66.5. The molecule has 0 aromatic carbocycles. The highest BCUT2D eigenvalue weighted by Crippen LogP contribution is 2.45. The van der Waals surface area contributed by atoms with Gasteiger partial charge in [0.2, 0.25) is 0 Å². The predicted octanol–water partition coefficient (Wildman–Crippen LogP) is 22.3. The van der Waals surface area contributed by atoms with E-state index in [-0.39, 0.29) is 25.7 Å². The van der Waals surface area contributed by atoms with E-state index in [1.807, 2.05) is 0 Å². The summed E-state index contributed by atoms with van der Waals surface area (Å²) in [6, 6.07) is 0. The number of ether oxygens (including phenoxy) is 4. The van der Waals surface area contributed by atoms with Crippen LogP contribution in [0.1, 0.15) is 395 Å². The Bertz CT molecular complexity index is 1840. The van der Waals surface area contributed by atoms with Crippen LogP contribution in [0.2, 0.25) is 0 Å². The van der Waals surface area contributed by atoms with Crippen molar-refractivity contribution in [2.24, 2.45) is 11.8 Å². The maximum atomic E-state index is 13.1. The van der Waals surface area contributed by atoms with Crippen LogP contribution in [0.25, 0.3) is 0 Å². The van der Waals surface area contributed by atoms with Crippen LogP contribution in [0.4, 0.5) is 0 Å². The molecule has 19 heteroatoms. The number of hydrogen-bond acceptors (Lipinski definition) is 15. The van der Waals surface area contributed by atoms with Crippen molar-refractivity contribution in [2.45, 2.75) is 413 Å². The number of hydrogen-bond donors (Lipinski definition) is 3. The largest absolute Gasteiger partial charge is 0.472 e. The summed E-state index contributed by atoms with van der Waals surface area (Å²) in [6.07, 6.45) is 55.5. The molecule has 0 radical (unpaired) electrons. The molecular weight excluding hydrogens is 1250 g/mol. The van der Waals surface area contributed by atoms with Gasteiger partial charge in [0.05, 0.1) is 26.4 Å². The summed E-state index contributed by atoms with van der Waals surface area (Å²) >= 11 is 0. The lowest BCUT2D eigenvalue weighted by atomic mass is 10.0. The molecule has 0 aliphatic rings. The zero-order valence-electron chi connectivity index (χ0n) is 62.0. The third-order valence-electron chi connectivity index (χ3n) is 17.7. The summed E-state index contributed by atoms with van der Waals surface area (Å²) in [5, 5.41) is 10.6. The topological polar surface area (TPSA) is 237 Å². The third kappa shape index (κ3) is 70.3. The van der Waals surface area contributed by atoms with Crippen LogP contribution in [0.3, 0.4) is 0 Å². The standard InChI is InChI=1S/C76H148O17P2/c1-7-9-11-13-15-17-35-42-48-54-60-75(80)92-71(64-86-73(78)58-52-46-40-32-16-14-12-10-8-2)66-90-94(82,83)88-62-70(77)63-89-95(84,85)91-67-72(93-76(81)61-55-49-43-37-31-27-23-19-21-25-29-34-39-45-51-57-69(5)6)65-87-74(79)59-53-47-41-36-30-26-22-18-20-24-28-33-38-44-50-56-68(3)4/h68-72,77H,7-67H2,1-6H3,(H,82,83)(H,84,85)/t70-,71+,72+/m0/s1. The van der Waals surface area contributed by atoms with Gasteiger partial charge < -0.3 is 33.8 Å². The number of phosphoric acid groups is 2. The van der Waals surface area contributed by atoms with Crippen molar-refractivity contribution in [3.8, 4) is 0 Å². The molecule has 0 aromatic heterocycles. The highest BCUT2D eigenvalue weighted by molar-refractivity contribution is 7.47. The van der Waals surface area contributed by atoms with Crippen LogP contribution in [0.15, 0.2) is 0 Å². The number of carbonyl (C=O) groups excluding carboxylic acids is 4. The summed E-state index contributed by atoms with van der Waals surface area (Å²) in [6.45, 7) is 9.63.